The van der Waals surface area contributed by atoms with Gasteiger partial charge in [-0.25, -0.2) is 4.79 Å². The second-order valence-corrected chi connectivity index (χ2v) is 13.6. The van der Waals surface area contributed by atoms with Gasteiger partial charge in [0.2, 0.25) is 5.25 Å². The number of unbranched alkanes of at least 4 members (excludes halogenated alkanes) is 7. The number of phenolic OH excluding ortho intramolecular Hbond substituents is 2. The molecule has 2 aromatic carbocycles. The molecule has 3 rings (SSSR count). The zero-order valence-corrected chi connectivity index (χ0v) is 24.5. The number of aliphatic carboxylic acids is 1. The first-order chi connectivity index (χ1) is 18.3. The van der Waals surface area contributed by atoms with E-state index >= 15 is 0 Å². The van der Waals surface area contributed by atoms with Crippen LogP contribution in [-0.2, 0) is 21.4 Å². The van der Waals surface area contributed by atoms with E-state index in [0.29, 0.717) is 23.8 Å². The number of carbonyl (C=O) groups is 1. The molecule has 0 amide bonds. The minimum atomic E-state index is -1.28. The van der Waals surface area contributed by atoms with E-state index in [4.69, 9.17) is 0 Å². The Bertz CT molecular complexity index is 1010. The zero-order chi connectivity index (χ0) is 27.5. The van der Waals surface area contributed by atoms with Crippen molar-refractivity contribution < 1.29 is 24.7 Å². The quantitative estimate of drug-likeness (QED) is 0.143. The molecular weight excluding hydrogens is 516 g/mol. The monoisotopic (exact) mass is 560 g/mol. The van der Waals surface area contributed by atoms with Gasteiger partial charge >= 0.3 is 5.97 Å². The summed E-state index contributed by atoms with van der Waals surface area (Å²) in [4.78, 5) is 12.6. The maximum absolute atomic E-state index is 12.4. The molecule has 1 heterocycles. The van der Waals surface area contributed by atoms with Crippen molar-refractivity contribution in [3.63, 3.8) is 0 Å². The molecule has 7 heteroatoms. The molecule has 0 bridgehead atoms. The van der Waals surface area contributed by atoms with Crippen molar-refractivity contribution in [2.24, 2.45) is 0 Å². The Morgan fingerprint density at radius 3 is 2.29 bits per heavy atom. The smallest absolute Gasteiger partial charge is 0.357 e. The highest BCUT2D eigenvalue weighted by Crippen LogP contribution is 2.52. The van der Waals surface area contributed by atoms with E-state index in [9.17, 15) is 24.7 Å². The highest BCUT2D eigenvalue weighted by molar-refractivity contribution is 7.99. The summed E-state index contributed by atoms with van der Waals surface area (Å²) in [5, 5.41) is 28.5. The topological polar surface area (TPSA) is 101 Å². The summed E-state index contributed by atoms with van der Waals surface area (Å²) < 4.78 is 12.4. The Morgan fingerprint density at radius 2 is 1.63 bits per heavy atom. The minimum Gasteiger partial charge on any atom is -0.616 e. The van der Waals surface area contributed by atoms with Gasteiger partial charge in [-0.2, -0.15) is 0 Å². The summed E-state index contributed by atoms with van der Waals surface area (Å²) in [6.07, 6.45) is 10.8. The van der Waals surface area contributed by atoms with Gasteiger partial charge in [0.15, 0.2) is 0 Å². The lowest BCUT2D eigenvalue weighted by atomic mass is 9.68. The number of rotatable bonds is 16. The second kappa shape index (κ2) is 15.1. The molecule has 0 saturated carbocycles. The number of benzene rings is 2. The fourth-order valence-corrected chi connectivity index (χ4v) is 8.42. The highest BCUT2D eigenvalue weighted by atomic mass is 32.2. The number of fused-ring (bicyclic) bond motifs is 1. The summed E-state index contributed by atoms with van der Waals surface area (Å²) in [6, 6.07) is 13.4. The SMILES string of the molecule is CCCCC(C(=O)O)[S+]([O-])CCCCCCCCCC1c2ccc(O)cc2SCC1(C)c1ccc(O)cc1. The van der Waals surface area contributed by atoms with E-state index in [1.807, 2.05) is 25.1 Å². The van der Waals surface area contributed by atoms with Gasteiger partial charge in [0.1, 0.15) is 17.3 Å². The molecule has 38 heavy (non-hydrogen) atoms. The Morgan fingerprint density at radius 1 is 1.00 bits per heavy atom. The van der Waals surface area contributed by atoms with Crippen LogP contribution < -0.4 is 0 Å². The second-order valence-electron chi connectivity index (χ2n) is 10.8. The van der Waals surface area contributed by atoms with Crippen molar-refractivity contribution in [2.45, 2.75) is 106 Å². The van der Waals surface area contributed by atoms with Crippen LogP contribution in [0, 0.1) is 0 Å². The van der Waals surface area contributed by atoms with Crippen LogP contribution >= 0.6 is 11.8 Å². The Hall–Kier alpha value is -1.83. The third-order valence-electron chi connectivity index (χ3n) is 7.95. The van der Waals surface area contributed by atoms with E-state index in [0.717, 1.165) is 70.0 Å². The first-order valence-electron chi connectivity index (χ1n) is 14.1. The van der Waals surface area contributed by atoms with Gasteiger partial charge < -0.3 is 19.9 Å². The van der Waals surface area contributed by atoms with Crippen LogP contribution in [0.3, 0.4) is 0 Å². The number of carboxylic acids is 1. The van der Waals surface area contributed by atoms with Crippen molar-refractivity contribution >= 4 is 28.9 Å². The molecule has 0 aromatic heterocycles. The molecule has 5 nitrogen and oxygen atoms in total. The number of aromatic hydroxyl groups is 2. The van der Waals surface area contributed by atoms with E-state index < -0.39 is 22.4 Å². The van der Waals surface area contributed by atoms with Crippen LogP contribution in [0.5, 0.6) is 11.5 Å². The van der Waals surface area contributed by atoms with E-state index in [-0.39, 0.29) is 11.2 Å². The molecule has 0 fully saturated rings. The van der Waals surface area contributed by atoms with Crippen molar-refractivity contribution in [1.82, 2.24) is 0 Å². The summed E-state index contributed by atoms with van der Waals surface area (Å²) >= 11 is 0.522. The fraction of sp³-hybridized carbons (Fsp3) is 0.581. The van der Waals surface area contributed by atoms with E-state index in [2.05, 4.69) is 13.0 Å². The lowest BCUT2D eigenvalue weighted by Crippen LogP contribution is -2.36. The molecule has 3 N–H and O–H groups in total. The van der Waals surface area contributed by atoms with Gasteiger partial charge in [-0.3, -0.25) is 0 Å². The van der Waals surface area contributed by atoms with Gasteiger partial charge in [-0.05, 0) is 78.2 Å². The maximum atomic E-state index is 12.4. The van der Waals surface area contributed by atoms with E-state index in [1.165, 1.54) is 16.0 Å². The van der Waals surface area contributed by atoms with Crippen molar-refractivity contribution in [2.75, 3.05) is 11.5 Å². The number of phenols is 2. The molecule has 2 aromatic rings. The Kier molecular flexibility index (Phi) is 12.2. The summed E-state index contributed by atoms with van der Waals surface area (Å²) in [6.45, 7) is 4.35. The number of hydrogen-bond acceptors (Lipinski definition) is 5. The first kappa shape index (κ1) is 30.7. The fourth-order valence-electron chi connectivity index (χ4n) is 5.58. The first-order valence-corrected chi connectivity index (χ1v) is 16.5. The van der Waals surface area contributed by atoms with Gasteiger partial charge in [0, 0.05) is 22.5 Å². The van der Waals surface area contributed by atoms with Crippen molar-refractivity contribution in [1.29, 1.82) is 0 Å². The number of thioether (sulfide) groups is 1. The molecule has 0 spiro atoms. The molecule has 0 radical (unpaired) electrons. The van der Waals surface area contributed by atoms with Crippen LogP contribution in [0.1, 0.15) is 102 Å². The molecule has 0 saturated heterocycles. The van der Waals surface area contributed by atoms with E-state index in [1.54, 1.807) is 30.0 Å². The van der Waals surface area contributed by atoms with Gasteiger partial charge in [0.25, 0.3) is 0 Å². The summed E-state index contributed by atoms with van der Waals surface area (Å²) in [7, 11) is 0. The average Bonchev–Trinajstić information content (AvgIpc) is 2.89. The summed E-state index contributed by atoms with van der Waals surface area (Å²) in [5.41, 5.74) is 2.49. The molecular formula is C31H44O5S2. The van der Waals surface area contributed by atoms with Crippen LogP contribution in [0.2, 0.25) is 0 Å². The van der Waals surface area contributed by atoms with Crippen LogP contribution in [0.15, 0.2) is 47.4 Å². The standard InChI is InChI=1S/C31H44O5S2/c1-3-4-13-29(30(34)35)38(36)20-11-9-7-5-6-8-10-12-27-26-19-18-25(33)21-28(26)37-22-31(27,2)23-14-16-24(32)17-15-23/h14-19,21,27,29,32-33H,3-13,20,22H2,1-2H3,(H,34,35). The summed E-state index contributed by atoms with van der Waals surface area (Å²) in [5.74, 6) is 1.44. The Balaban J connectivity index is 1.45. The van der Waals surface area contributed by atoms with Gasteiger partial charge in [0.05, 0.1) is 0 Å². The normalized spacial score (nSPS) is 20.6. The van der Waals surface area contributed by atoms with Crippen molar-refractivity contribution in [3.8, 4) is 11.5 Å². The number of carboxylic acid groups (broad SMARTS) is 1. The predicted molar refractivity (Wildman–Crippen MR) is 158 cm³/mol. The highest BCUT2D eigenvalue weighted by Gasteiger charge is 2.41. The van der Waals surface area contributed by atoms with Crippen molar-refractivity contribution in [3.05, 3.63) is 53.6 Å². The zero-order valence-electron chi connectivity index (χ0n) is 22.9. The lowest BCUT2D eigenvalue weighted by Gasteiger charge is -2.43. The minimum absolute atomic E-state index is 0.0527. The van der Waals surface area contributed by atoms with Gasteiger partial charge in [-0.1, -0.05) is 70.6 Å². The molecule has 0 aliphatic carbocycles. The lowest BCUT2D eigenvalue weighted by molar-refractivity contribution is -0.136. The largest absolute Gasteiger partial charge is 0.616 e. The predicted octanol–water partition coefficient (Wildman–Crippen LogP) is 7.76. The molecule has 4 atom stereocenters. The van der Waals surface area contributed by atoms with Crippen LogP contribution in [0.25, 0.3) is 0 Å². The molecule has 1 aliphatic heterocycles. The van der Waals surface area contributed by atoms with Gasteiger partial charge in [-0.15, -0.1) is 11.8 Å². The third-order valence-corrected chi connectivity index (χ3v) is 11.1. The average molecular weight is 561 g/mol. The number of hydrogen-bond donors (Lipinski definition) is 3. The molecule has 4 unspecified atom stereocenters. The maximum Gasteiger partial charge on any atom is 0.357 e. The van der Waals surface area contributed by atoms with Crippen LogP contribution in [-0.4, -0.2) is 42.6 Å². The molecule has 1 aliphatic rings. The third kappa shape index (κ3) is 8.33. The Labute approximate surface area is 235 Å². The molecule has 210 valence electrons. The van der Waals surface area contributed by atoms with Crippen LogP contribution in [0.4, 0.5) is 0 Å².